The lowest BCUT2D eigenvalue weighted by Gasteiger charge is -2.03. The third kappa shape index (κ3) is 1.98. The third-order valence-corrected chi connectivity index (χ3v) is 6.07. The highest BCUT2D eigenvalue weighted by atomic mass is 32.2. The standard InChI is InChI=1S/C14H15NO4S/c1-3-20(17,18)13-12(14(13,8-15)9-16)10-4-6-11(19-2)7-5-10/h4-7,9,12-13H,3H2,1-2H3/t12-,13+,14-/m0/s1. The van der Waals surface area contributed by atoms with Crippen LogP contribution in [0.15, 0.2) is 24.3 Å². The highest BCUT2D eigenvalue weighted by Crippen LogP contribution is 2.61. The van der Waals surface area contributed by atoms with E-state index in [0.29, 0.717) is 17.6 Å². The van der Waals surface area contributed by atoms with Crippen LogP contribution in [0, 0.1) is 16.7 Å². The molecule has 3 atom stereocenters. The van der Waals surface area contributed by atoms with Gasteiger partial charge in [-0.15, -0.1) is 0 Å². The number of nitrogens with zero attached hydrogens (tertiary/aromatic N) is 1. The quantitative estimate of drug-likeness (QED) is 0.764. The molecule has 0 N–H and O–H groups in total. The summed E-state index contributed by atoms with van der Waals surface area (Å²) < 4.78 is 29.2. The summed E-state index contributed by atoms with van der Waals surface area (Å²) in [4.78, 5) is 11.3. The maximum Gasteiger partial charge on any atom is 0.155 e. The van der Waals surface area contributed by atoms with E-state index < -0.39 is 26.4 Å². The van der Waals surface area contributed by atoms with Crippen molar-refractivity contribution in [1.29, 1.82) is 5.26 Å². The fraction of sp³-hybridized carbons (Fsp3) is 0.429. The first-order valence-corrected chi connectivity index (χ1v) is 7.91. The number of carbonyl (C=O) groups is 1. The van der Waals surface area contributed by atoms with Crippen LogP contribution in [0.4, 0.5) is 0 Å². The molecular formula is C14H15NO4S. The van der Waals surface area contributed by atoms with Gasteiger partial charge < -0.3 is 9.53 Å². The Hall–Kier alpha value is -1.87. The van der Waals surface area contributed by atoms with Gasteiger partial charge in [-0.3, -0.25) is 0 Å². The number of ether oxygens (including phenoxy) is 1. The predicted molar refractivity (Wildman–Crippen MR) is 73.1 cm³/mol. The van der Waals surface area contributed by atoms with Crippen LogP contribution < -0.4 is 4.74 Å². The fourth-order valence-electron chi connectivity index (χ4n) is 2.62. The van der Waals surface area contributed by atoms with E-state index in [2.05, 4.69) is 0 Å². The molecule has 0 aromatic heterocycles. The van der Waals surface area contributed by atoms with E-state index in [9.17, 15) is 18.5 Å². The van der Waals surface area contributed by atoms with Gasteiger partial charge in [0.2, 0.25) is 0 Å². The SMILES string of the molecule is CCS(=O)(=O)[C@@H]1[C@H](c2ccc(OC)cc2)[C@]1(C#N)C=O. The van der Waals surface area contributed by atoms with Crippen molar-refractivity contribution in [3.05, 3.63) is 29.8 Å². The van der Waals surface area contributed by atoms with Crippen LogP contribution in [0.3, 0.4) is 0 Å². The molecule has 0 radical (unpaired) electrons. The Bertz CT molecular complexity index is 659. The topological polar surface area (TPSA) is 84.2 Å². The molecule has 20 heavy (non-hydrogen) atoms. The molecule has 0 heterocycles. The van der Waals surface area contributed by atoms with Gasteiger partial charge >= 0.3 is 0 Å². The first-order valence-electron chi connectivity index (χ1n) is 6.20. The molecule has 0 bridgehead atoms. The Kier molecular flexibility index (Phi) is 3.57. The second kappa shape index (κ2) is 4.91. The summed E-state index contributed by atoms with van der Waals surface area (Å²) in [6, 6.07) is 8.67. The van der Waals surface area contributed by atoms with E-state index >= 15 is 0 Å². The minimum Gasteiger partial charge on any atom is -0.497 e. The van der Waals surface area contributed by atoms with Gasteiger partial charge in [-0.1, -0.05) is 19.1 Å². The van der Waals surface area contributed by atoms with Crippen molar-refractivity contribution < 1.29 is 17.9 Å². The van der Waals surface area contributed by atoms with Gasteiger partial charge in [0, 0.05) is 11.7 Å². The van der Waals surface area contributed by atoms with Crippen molar-refractivity contribution >= 4 is 16.1 Å². The second-order valence-corrected chi connectivity index (χ2v) is 7.20. The summed E-state index contributed by atoms with van der Waals surface area (Å²) in [6.07, 6.45) is 0.472. The van der Waals surface area contributed by atoms with E-state index in [-0.39, 0.29) is 5.75 Å². The van der Waals surface area contributed by atoms with Crippen LogP contribution >= 0.6 is 0 Å². The maximum absolute atomic E-state index is 12.1. The van der Waals surface area contributed by atoms with Crippen molar-refractivity contribution in [2.24, 2.45) is 5.41 Å². The molecule has 1 fully saturated rings. The number of rotatable bonds is 5. The fourth-order valence-corrected chi connectivity index (χ4v) is 4.55. The van der Waals surface area contributed by atoms with Crippen LogP contribution in [-0.2, 0) is 14.6 Å². The van der Waals surface area contributed by atoms with Crippen LogP contribution in [0.2, 0.25) is 0 Å². The molecule has 5 nitrogen and oxygen atoms in total. The van der Waals surface area contributed by atoms with Gasteiger partial charge in [-0.05, 0) is 17.7 Å². The van der Waals surface area contributed by atoms with Crippen LogP contribution in [0.1, 0.15) is 18.4 Å². The summed E-state index contributed by atoms with van der Waals surface area (Å²) in [5.41, 5.74) is -0.787. The molecule has 106 valence electrons. The molecule has 1 aliphatic rings. The third-order valence-electron chi connectivity index (χ3n) is 3.83. The number of hydrogen-bond donors (Lipinski definition) is 0. The van der Waals surface area contributed by atoms with Gasteiger partial charge in [0.05, 0.1) is 18.4 Å². The van der Waals surface area contributed by atoms with E-state index in [1.54, 1.807) is 24.3 Å². The maximum atomic E-state index is 12.1. The number of hydrogen-bond acceptors (Lipinski definition) is 5. The van der Waals surface area contributed by atoms with Gasteiger partial charge in [0.15, 0.2) is 9.84 Å². The number of carbonyl (C=O) groups excluding carboxylic acids is 1. The molecule has 1 saturated carbocycles. The van der Waals surface area contributed by atoms with Crippen LogP contribution in [-0.4, -0.2) is 32.8 Å². The molecule has 0 amide bonds. The second-order valence-electron chi connectivity index (χ2n) is 4.79. The summed E-state index contributed by atoms with van der Waals surface area (Å²) in [7, 11) is -1.93. The van der Waals surface area contributed by atoms with Crippen molar-refractivity contribution in [3.63, 3.8) is 0 Å². The molecule has 0 aliphatic heterocycles. The zero-order chi connectivity index (χ0) is 15.0. The minimum absolute atomic E-state index is 0.0818. The number of benzene rings is 1. The smallest absolute Gasteiger partial charge is 0.155 e. The zero-order valence-corrected chi connectivity index (χ0v) is 12.1. The van der Waals surface area contributed by atoms with E-state index in [1.807, 2.05) is 6.07 Å². The minimum atomic E-state index is -3.45. The van der Waals surface area contributed by atoms with Crippen molar-refractivity contribution in [3.8, 4) is 11.8 Å². The lowest BCUT2D eigenvalue weighted by Crippen LogP contribution is -2.17. The van der Waals surface area contributed by atoms with Crippen molar-refractivity contribution in [1.82, 2.24) is 0 Å². The molecular weight excluding hydrogens is 278 g/mol. The van der Waals surface area contributed by atoms with Gasteiger partial charge in [-0.25, -0.2) is 8.42 Å². The van der Waals surface area contributed by atoms with Crippen molar-refractivity contribution in [2.75, 3.05) is 12.9 Å². The molecule has 6 heteroatoms. The highest BCUT2D eigenvalue weighted by molar-refractivity contribution is 7.92. The summed E-state index contributed by atoms with van der Waals surface area (Å²) in [6.45, 7) is 1.52. The summed E-state index contributed by atoms with van der Waals surface area (Å²) in [5, 5.41) is 8.30. The van der Waals surface area contributed by atoms with Crippen LogP contribution in [0.25, 0.3) is 0 Å². The Morgan fingerprint density at radius 3 is 2.40 bits per heavy atom. The predicted octanol–water partition coefficient (Wildman–Crippen LogP) is 1.30. The Balaban J connectivity index is 2.44. The first-order chi connectivity index (χ1) is 9.46. The normalized spacial score (nSPS) is 28.4. The molecule has 1 aromatic rings. The average Bonchev–Trinajstić information content (AvgIpc) is 3.18. The summed E-state index contributed by atoms with van der Waals surface area (Å²) in [5.74, 6) is -0.0412. The molecule has 0 saturated heterocycles. The lowest BCUT2D eigenvalue weighted by atomic mass is 10.0. The van der Waals surface area contributed by atoms with Gasteiger partial charge in [0.25, 0.3) is 0 Å². The number of aldehydes is 1. The average molecular weight is 293 g/mol. The van der Waals surface area contributed by atoms with Crippen molar-refractivity contribution in [2.45, 2.75) is 18.1 Å². The molecule has 0 unspecified atom stereocenters. The van der Waals surface area contributed by atoms with Crippen LogP contribution in [0.5, 0.6) is 5.75 Å². The lowest BCUT2D eigenvalue weighted by molar-refractivity contribution is -0.110. The van der Waals surface area contributed by atoms with Gasteiger partial charge in [-0.2, -0.15) is 5.26 Å². The number of sulfone groups is 1. The van der Waals surface area contributed by atoms with Gasteiger partial charge in [0.1, 0.15) is 17.5 Å². The highest BCUT2D eigenvalue weighted by Gasteiger charge is 2.72. The zero-order valence-electron chi connectivity index (χ0n) is 11.2. The molecule has 1 aromatic carbocycles. The Morgan fingerprint density at radius 2 is 2.00 bits per heavy atom. The first kappa shape index (κ1) is 14.5. The van der Waals surface area contributed by atoms with E-state index in [0.717, 1.165) is 0 Å². The van der Waals surface area contributed by atoms with E-state index in [1.165, 1.54) is 14.0 Å². The molecule has 1 aliphatic carbocycles. The van der Waals surface area contributed by atoms with E-state index in [4.69, 9.17) is 4.74 Å². The number of methoxy groups -OCH3 is 1. The largest absolute Gasteiger partial charge is 0.497 e. The molecule has 2 rings (SSSR count). The Morgan fingerprint density at radius 1 is 1.40 bits per heavy atom. The summed E-state index contributed by atoms with van der Waals surface area (Å²) >= 11 is 0. The Labute approximate surface area is 118 Å². The monoisotopic (exact) mass is 293 g/mol. The number of nitriles is 1. The molecule has 0 spiro atoms.